The van der Waals surface area contributed by atoms with Crippen LogP contribution in [0.25, 0.3) is 0 Å². The molecule has 0 saturated carbocycles. The van der Waals surface area contributed by atoms with Gasteiger partial charge in [-0.1, -0.05) is 25.0 Å². The van der Waals surface area contributed by atoms with Crippen LogP contribution in [-0.4, -0.2) is 66.6 Å². The summed E-state index contributed by atoms with van der Waals surface area (Å²) in [5, 5.41) is 4.02. The molecule has 0 bridgehead atoms. The summed E-state index contributed by atoms with van der Waals surface area (Å²) < 4.78 is 5.61. The van der Waals surface area contributed by atoms with Gasteiger partial charge in [-0.25, -0.2) is 10.4 Å². The number of alkyl halides is 2. The highest BCUT2D eigenvalue weighted by molar-refractivity contribution is 6.18. The summed E-state index contributed by atoms with van der Waals surface area (Å²) in [5.41, 5.74) is 5.19. The number of carbonyl (C=O) groups is 1. The standard InChI is InChI=1S/C24H32Cl2N6O2/c1-19-16-23(29-24(28-19)32-12-4-2-3-5-13-32)34-18-22(33)30-27-17-20-6-8-21(9-7-20)31(14-10-25)15-11-26/h6-9,16-17H,2-5,10-15,18H2,1H3,(H,30,33). The fourth-order valence-corrected chi connectivity index (χ4v) is 4.11. The average molecular weight is 507 g/mol. The predicted octanol–water partition coefficient (Wildman–Crippen LogP) is 3.98. The lowest BCUT2D eigenvalue weighted by atomic mass is 10.2. The third kappa shape index (κ3) is 8.33. The number of nitrogens with one attached hydrogen (secondary N) is 1. The fourth-order valence-electron chi connectivity index (χ4n) is 3.71. The Kier molecular flexibility index (Phi) is 10.7. The molecule has 184 valence electrons. The molecule has 10 heteroatoms. The van der Waals surface area contributed by atoms with E-state index < -0.39 is 0 Å². The molecule has 3 rings (SSSR count). The van der Waals surface area contributed by atoms with E-state index in [4.69, 9.17) is 27.9 Å². The summed E-state index contributed by atoms with van der Waals surface area (Å²) in [4.78, 5) is 25.5. The van der Waals surface area contributed by atoms with Crippen molar-refractivity contribution in [3.8, 4) is 5.88 Å². The van der Waals surface area contributed by atoms with Gasteiger partial charge in [0.1, 0.15) is 0 Å². The SMILES string of the molecule is Cc1cc(OCC(=O)NN=Cc2ccc(N(CCCl)CCCl)cc2)nc(N2CCCCCC2)n1. The molecule has 8 nitrogen and oxygen atoms in total. The maximum atomic E-state index is 12.2. The Morgan fingerprint density at radius 1 is 1.12 bits per heavy atom. The van der Waals surface area contributed by atoms with E-state index in [1.54, 1.807) is 12.3 Å². The van der Waals surface area contributed by atoms with E-state index in [0.717, 1.165) is 56.0 Å². The summed E-state index contributed by atoms with van der Waals surface area (Å²) in [5.74, 6) is 1.75. The second-order valence-corrected chi connectivity index (χ2v) is 8.84. The molecule has 1 amide bonds. The first-order chi connectivity index (χ1) is 16.6. The van der Waals surface area contributed by atoms with Gasteiger partial charge < -0.3 is 14.5 Å². The van der Waals surface area contributed by atoms with Crippen molar-refractivity contribution in [2.45, 2.75) is 32.6 Å². The molecule has 0 spiro atoms. The molecule has 1 aliphatic rings. The summed E-state index contributed by atoms with van der Waals surface area (Å²) >= 11 is 11.7. The monoisotopic (exact) mass is 506 g/mol. The van der Waals surface area contributed by atoms with Crippen molar-refractivity contribution in [1.82, 2.24) is 15.4 Å². The third-order valence-corrected chi connectivity index (χ3v) is 5.77. The second-order valence-electron chi connectivity index (χ2n) is 8.09. The summed E-state index contributed by atoms with van der Waals surface area (Å²) in [6, 6.07) is 9.53. The zero-order valence-electron chi connectivity index (χ0n) is 19.6. The van der Waals surface area contributed by atoms with Crippen LogP contribution in [0.15, 0.2) is 35.4 Å². The van der Waals surface area contributed by atoms with E-state index in [9.17, 15) is 4.79 Å². The van der Waals surface area contributed by atoms with Gasteiger partial charge in [-0.05, 0) is 37.5 Å². The highest BCUT2D eigenvalue weighted by atomic mass is 35.5. The molecule has 34 heavy (non-hydrogen) atoms. The van der Waals surface area contributed by atoms with Gasteiger partial charge >= 0.3 is 0 Å². The number of hydrogen-bond acceptors (Lipinski definition) is 7. The van der Waals surface area contributed by atoms with E-state index in [-0.39, 0.29) is 12.5 Å². The normalized spacial score (nSPS) is 14.1. The van der Waals surface area contributed by atoms with E-state index in [1.807, 2.05) is 31.2 Å². The number of ether oxygens (including phenoxy) is 1. The van der Waals surface area contributed by atoms with Crippen molar-refractivity contribution in [3.63, 3.8) is 0 Å². The predicted molar refractivity (Wildman–Crippen MR) is 139 cm³/mol. The second kappa shape index (κ2) is 14.0. The number of aryl methyl sites for hydroxylation is 1. The number of halogens is 2. The van der Waals surface area contributed by atoms with Gasteiger partial charge in [0.05, 0.1) is 6.21 Å². The quantitative estimate of drug-likeness (QED) is 0.282. The molecular formula is C24H32Cl2N6O2. The lowest BCUT2D eigenvalue weighted by molar-refractivity contribution is -0.123. The molecule has 2 aromatic rings. The summed E-state index contributed by atoms with van der Waals surface area (Å²) in [7, 11) is 0. The minimum absolute atomic E-state index is 0.183. The Balaban J connectivity index is 1.49. The van der Waals surface area contributed by atoms with Crippen molar-refractivity contribution in [1.29, 1.82) is 0 Å². The van der Waals surface area contributed by atoms with Gasteiger partial charge in [0.2, 0.25) is 11.8 Å². The number of hydrazone groups is 1. The molecule has 1 N–H and O–H groups in total. The average Bonchev–Trinajstić information content (AvgIpc) is 3.13. The maximum absolute atomic E-state index is 12.2. The molecule has 0 radical (unpaired) electrons. The van der Waals surface area contributed by atoms with Crippen LogP contribution in [0.4, 0.5) is 11.6 Å². The number of nitrogens with zero attached hydrogens (tertiary/aromatic N) is 5. The molecule has 1 aromatic carbocycles. The van der Waals surface area contributed by atoms with Gasteiger partial charge in [0.25, 0.3) is 5.91 Å². The van der Waals surface area contributed by atoms with Crippen LogP contribution in [0.3, 0.4) is 0 Å². The van der Waals surface area contributed by atoms with Crippen LogP contribution < -0.4 is 20.0 Å². The van der Waals surface area contributed by atoms with Crippen LogP contribution in [0, 0.1) is 6.92 Å². The fraction of sp³-hybridized carbons (Fsp3) is 0.500. The van der Waals surface area contributed by atoms with Crippen LogP contribution in [-0.2, 0) is 4.79 Å². The van der Waals surface area contributed by atoms with Crippen molar-refractivity contribution < 1.29 is 9.53 Å². The Hall–Kier alpha value is -2.58. The van der Waals surface area contributed by atoms with Gasteiger partial charge in [-0.2, -0.15) is 10.1 Å². The molecule has 1 aliphatic heterocycles. The van der Waals surface area contributed by atoms with Crippen molar-refractivity contribution in [3.05, 3.63) is 41.6 Å². The minimum atomic E-state index is -0.365. The summed E-state index contributed by atoms with van der Waals surface area (Å²) in [6.45, 7) is 5.05. The Morgan fingerprint density at radius 2 is 1.79 bits per heavy atom. The first-order valence-electron chi connectivity index (χ1n) is 11.6. The van der Waals surface area contributed by atoms with Gasteiger partial charge in [0, 0.05) is 55.4 Å². The van der Waals surface area contributed by atoms with Crippen LogP contribution >= 0.6 is 23.2 Å². The highest BCUT2D eigenvalue weighted by Gasteiger charge is 2.14. The van der Waals surface area contributed by atoms with Gasteiger partial charge in [-0.15, -0.1) is 23.2 Å². The van der Waals surface area contributed by atoms with Crippen LogP contribution in [0.1, 0.15) is 36.9 Å². The molecule has 1 saturated heterocycles. The molecule has 0 atom stereocenters. The molecular weight excluding hydrogens is 475 g/mol. The lowest BCUT2D eigenvalue weighted by Gasteiger charge is -2.22. The molecule has 0 unspecified atom stereocenters. The number of hydrogen-bond donors (Lipinski definition) is 1. The first-order valence-corrected chi connectivity index (χ1v) is 12.7. The van der Waals surface area contributed by atoms with Crippen molar-refractivity contribution in [2.24, 2.45) is 5.10 Å². The zero-order chi connectivity index (χ0) is 24.2. The summed E-state index contributed by atoms with van der Waals surface area (Å²) in [6.07, 6.45) is 6.32. The number of carbonyl (C=O) groups excluding carboxylic acids is 1. The first kappa shape index (κ1) is 26.0. The smallest absolute Gasteiger partial charge is 0.278 e. The third-order valence-electron chi connectivity index (χ3n) is 5.43. The minimum Gasteiger partial charge on any atom is -0.467 e. The van der Waals surface area contributed by atoms with Crippen molar-refractivity contribution in [2.75, 3.05) is 54.3 Å². The lowest BCUT2D eigenvalue weighted by Crippen LogP contribution is -2.27. The van der Waals surface area contributed by atoms with Gasteiger partial charge in [-0.3, -0.25) is 4.79 Å². The number of benzene rings is 1. The Labute approximate surface area is 211 Å². The number of rotatable bonds is 11. The van der Waals surface area contributed by atoms with Crippen LogP contribution in [0.5, 0.6) is 5.88 Å². The van der Waals surface area contributed by atoms with E-state index >= 15 is 0 Å². The van der Waals surface area contributed by atoms with Crippen molar-refractivity contribution >= 4 is 47.0 Å². The van der Waals surface area contributed by atoms with Crippen LogP contribution in [0.2, 0.25) is 0 Å². The maximum Gasteiger partial charge on any atom is 0.278 e. The molecule has 1 aromatic heterocycles. The molecule has 1 fully saturated rings. The Morgan fingerprint density at radius 3 is 2.44 bits per heavy atom. The topological polar surface area (TPSA) is 82.9 Å². The van der Waals surface area contributed by atoms with E-state index in [1.165, 1.54) is 12.8 Å². The number of amides is 1. The largest absolute Gasteiger partial charge is 0.467 e. The van der Waals surface area contributed by atoms with E-state index in [0.29, 0.717) is 23.6 Å². The highest BCUT2D eigenvalue weighted by Crippen LogP contribution is 2.19. The Bertz CT molecular complexity index is 928. The number of aromatic nitrogens is 2. The molecule has 0 aliphatic carbocycles. The van der Waals surface area contributed by atoms with Gasteiger partial charge in [0.15, 0.2) is 6.61 Å². The molecule has 2 heterocycles. The zero-order valence-corrected chi connectivity index (χ0v) is 21.1. The number of anilines is 2. The van der Waals surface area contributed by atoms with E-state index in [2.05, 4.69) is 30.3 Å².